The molecule has 0 atom stereocenters. The van der Waals surface area contributed by atoms with E-state index < -0.39 is 0 Å². The molecule has 0 aliphatic carbocycles. The summed E-state index contributed by atoms with van der Waals surface area (Å²) in [4.78, 5) is 19.4. The van der Waals surface area contributed by atoms with Crippen molar-refractivity contribution in [2.45, 2.75) is 24.8 Å². The van der Waals surface area contributed by atoms with Crippen LogP contribution in [0.15, 0.2) is 74.5 Å². The van der Waals surface area contributed by atoms with Crippen LogP contribution in [0.5, 0.6) is 0 Å². The van der Waals surface area contributed by atoms with Crippen molar-refractivity contribution in [1.29, 1.82) is 0 Å². The average molecular weight is 480 g/mol. The molecular formula is C24H18ClN3O2S2. The molecule has 0 amide bonds. The minimum absolute atomic E-state index is 0.0892. The predicted molar refractivity (Wildman–Crippen MR) is 131 cm³/mol. The Labute approximate surface area is 197 Å². The van der Waals surface area contributed by atoms with Crippen molar-refractivity contribution in [3.05, 3.63) is 92.4 Å². The molecule has 3 aromatic heterocycles. The Kier molecular flexibility index (Phi) is 5.63. The van der Waals surface area contributed by atoms with Crippen molar-refractivity contribution < 1.29 is 4.52 Å². The molecule has 0 aliphatic heterocycles. The summed E-state index contributed by atoms with van der Waals surface area (Å²) in [6, 6.07) is 17.1. The minimum Gasteiger partial charge on any atom is -0.361 e. The van der Waals surface area contributed by atoms with Gasteiger partial charge in [0.15, 0.2) is 5.16 Å². The fourth-order valence-electron chi connectivity index (χ4n) is 3.56. The molecule has 3 heterocycles. The molecule has 2 aromatic carbocycles. The van der Waals surface area contributed by atoms with Gasteiger partial charge in [-0.2, -0.15) is 0 Å². The Hall–Kier alpha value is -2.87. The second kappa shape index (κ2) is 8.58. The van der Waals surface area contributed by atoms with Crippen LogP contribution in [0.4, 0.5) is 0 Å². The zero-order valence-corrected chi connectivity index (χ0v) is 19.7. The van der Waals surface area contributed by atoms with Crippen LogP contribution >= 0.6 is 34.7 Å². The average Bonchev–Trinajstić information content (AvgIpc) is 3.37. The first-order valence-electron chi connectivity index (χ1n) is 9.93. The summed E-state index contributed by atoms with van der Waals surface area (Å²) in [6.07, 6.45) is 0. The smallest absolute Gasteiger partial charge is 0.268 e. The zero-order chi connectivity index (χ0) is 22.2. The standard InChI is InChI=1S/C24H18ClN3O2S2/c1-14-19(15(2)30-27-14)12-32-24-26-22-21(23(29)28(24)18-6-4-3-5-7-18)20(13-31-22)16-8-10-17(25)11-9-16/h3-11,13H,12H2,1-2H3. The fraction of sp³-hybridized carbons (Fsp3) is 0.125. The van der Waals surface area contributed by atoms with E-state index in [2.05, 4.69) is 5.16 Å². The Bertz CT molecular complexity index is 1450. The number of thioether (sulfide) groups is 1. The molecule has 0 saturated heterocycles. The van der Waals surface area contributed by atoms with Crippen molar-refractivity contribution in [3.8, 4) is 16.8 Å². The van der Waals surface area contributed by atoms with Crippen molar-refractivity contribution in [2.75, 3.05) is 0 Å². The lowest BCUT2D eigenvalue weighted by Crippen LogP contribution is -2.21. The number of thiophene rings is 1. The highest BCUT2D eigenvalue weighted by atomic mass is 35.5. The van der Waals surface area contributed by atoms with Gasteiger partial charge in [0, 0.05) is 27.3 Å². The van der Waals surface area contributed by atoms with Gasteiger partial charge in [-0.1, -0.05) is 58.9 Å². The molecule has 8 heteroatoms. The molecular weight excluding hydrogens is 462 g/mol. The number of para-hydroxylation sites is 1. The van der Waals surface area contributed by atoms with Crippen LogP contribution in [-0.2, 0) is 5.75 Å². The summed E-state index contributed by atoms with van der Waals surface area (Å²) in [5, 5.41) is 7.93. The SMILES string of the molecule is Cc1noc(C)c1CSc1nc2scc(-c3ccc(Cl)cc3)c2c(=O)n1-c1ccccc1. The number of fused-ring (bicyclic) bond motifs is 1. The molecule has 0 aliphatic rings. The number of benzene rings is 2. The number of nitrogens with zero attached hydrogens (tertiary/aromatic N) is 3. The van der Waals surface area contributed by atoms with E-state index in [9.17, 15) is 4.79 Å². The van der Waals surface area contributed by atoms with Crippen LogP contribution in [0.25, 0.3) is 27.0 Å². The topological polar surface area (TPSA) is 60.9 Å². The third kappa shape index (κ3) is 3.77. The van der Waals surface area contributed by atoms with Crippen molar-refractivity contribution >= 4 is 44.9 Å². The molecule has 0 fully saturated rings. The highest BCUT2D eigenvalue weighted by Gasteiger charge is 2.19. The minimum atomic E-state index is -0.0892. The van der Waals surface area contributed by atoms with E-state index in [1.807, 2.05) is 73.8 Å². The largest absolute Gasteiger partial charge is 0.361 e. The van der Waals surface area contributed by atoms with Gasteiger partial charge in [-0.3, -0.25) is 9.36 Å². The number of hydrogen-bond acceptors (Lipinski definition) is 6. The van der Waals surface area contributed by atoms with Gasteiger partial charge in [0.25, 0.3) is 5.56 Å². The van der Waals surface area contributed by atoms with E-state index in [-0.39, 0.29) is 5.56 Å². The molecule has 0 radical (unpaired) electrons. The first-order chi connectivity index (χ1) is 15.5. The maximum atomic E-state index is 13.8. The number of rotatable bonds is 5. The molecule has 0 bridgehead atoms. The third-order valence-electron chi connectivity index (χ3n) is 5.27. The maximum Gasteiger partial charge on any atom is 0.268 e. The molecule has 5 aromatic rings. The summed E-state index contributed by atoms with van der Waals surface area (Å²) in [6.45, 7) is 3.82. The predicted octanol–water partition coefficient (Wildman–Crippen LogP) is 6.66. The van der Waals surface area contributed by atoms with E-state index in [4.69, 9.17) is 21.1 Å². The Balaban J connectivity index is 1.68. The highest BCUT2D eigenvalue weighted by Crippen LogP contribution is 2.34. The summed E-state index contributed by atoms with van der Waals surface area (Å²) < 4.78 is 6.99. The van der Waals surface area contributed by atoms with Crippen LogP contribution in [0.2, 0.25) is 5.02 Å². The van der Waals surface area contributed by atoms with Crippen LogP contribution in [-0.4, -0.2) is 14.7 Å². The van der Waals surface area contributed by atoms with Gasteiger partial charge in [-0.05, 0) is 43.7 Å². The lowest BCUT2D eigenvalue weighted by Gasteiger charge is -2.12. The van der Waals surface area contributed by atoms with E-state index in [1.165, 1.54) is 23.1 Å². The summed E-state index contributed by atoms with van der Waals surface area (Å²) in [5.74, 6) is 1.40. The molecule has 0 saturated carbocycles. The quantitative estimate of drug-likeness (QED) is 0.208. The second-order valence-corrected chi connectivity index (χ2v) is 9.54. The van der Waals surface area contributed by atoms with Crippen LogP contribution in [0.3, 0.4) is 0 Å². The monoisotopic (exact) mass is 479 g/mol. The Morgan fingerprint density at radius 2 is 1.84 bits per heavy atom. The van der Waals surface area contributed by atoms with Crippen LogP contribution < -0.4 is 5.56 Å². The second-order valence-electron chi connectivity index (χ2n) is 7.30. The summed E-state index contributed by atoms with van der Waals surface area (Å²) in [7, 11) is 0. The van der Waals surface area contributed by atoms with Gasteiger partial charge in [0.1, 0.15) is 10.6 Å². The van der Waals surface area contributed by atoms with Gasteiger partial charge in [0.2, 0.25) is 0 Å². The van der Waals surface area contributed by atoms with Gasteiger partial charge >= 0.3 is 0 Å². The van der Waals surface area contributed by atoms with E-state index in [0.29, 0.717) is 26.1 Å². The van der Waals surface area contributed by atoms with E-state index in [0.717, 1.165) is 33.8 Å². The highest BCUT2D eigenvalue weighted by molar-refractivity contribution is 7.98. The molecule has 0 spiro atoms. The third-order valence-corrected chi connectivity index (χ3v) is 7.36. The van der Waals surface area contributed by atoms with Crippen molar-refractivity contribution in [3.63, 3.8) is 0 Å². The lowest BCUT2D eigenvalue weighted by molar-refractivity contribution is 0.392. The first kappa shape index (κ1) is 21.0. The summed E-state index contributed by atoms with van der Waals surface area (Å²) >= 11 is 9.04. The molecule has 0 unspecified atom stereocenters. The van der Waals surface area contributed by atoms with Gasteiger partial charge < -0.3 is 4.52 Å². The molecule has 5 nitrogen and oxygen atoms in total. The number of aryl methyl sites for hydroxylation is 2. The van der Waals surface area contributed by atoms with Gasteiger partial charge in [0.05, 0.1) is 16.8 Å². The normalized spacial score (nSPS) is 11.3. The molecule has 0 N–H and O–H groups in total. The van der Waals surface area contributed by atoms with Gasteiger partial charge in [-0.25, -0.2) is 4.98 Å². The Morgan fingerprint density at radius 1 is 1.09 bits per heavy atom. The fourth-order valence-corrected chi connectivity index (χ4v) is 5.84. The van der Waals surface area contributed by atoms with Crippen LogP contribution in [0.1, 0.15) is 17.0 Å². The lowest BCUT2D eigenvalue weighted by atomic mass is 10.1. The van der Waals surface area contributed by atoms with Crippen molar-refractivity contribution in [2.24, 2.45) is 0 Å². The molecule has 5 rings (SSSR count). The number of halogens is 1. The van der Waals surface area contributed by atoms with E-state index >= 15 is 0 Å². The maximum absolute atomic E-state index is 13.8. The number of aromatic nitrogens is 3. The Morgan fingerprint density at radius 3 is 2.53 bits per heavy atom. The molecule has 32 heavy (non-hydrogen) atoms. The number of hydrogen-bond donors (Lipinski definition) is 0. The zero-order valence-electron chi connectivity index (χ0n) is 17.3. The molecule has 160 valence electrons. The van der Waals surface area contributed by atoms with Gasteiger partial charge in [-0.15, -0.1) is 11.3 Å². The first-order valence-corrected chi connectivity index (χ1v) is 12.2. The van der Waals surface area contributed by atoms with E-state index in [1.54, 1.807) is 4.57 Å². The summed E-state index contributed by atoms with van der Waals surface area (Å²) in [5.41, 5.74) is 4.37. The van der Waals surface area contributed by atoms with Crippen molar-refractivity contribution in [1.82, 2.24) is 14.7 Å². The van der Waals surface area contributed by atoms with Crippen LogP contribution in [0, 0.1) is 13.8 Å².